The van der Waals surface area contributed by atoms with Gasteiger partial charge in [-0.1, -0.05) is 24.3 Å². The van der Waals surface area contributed by atoms with Gasteiger partial charge in [0.2, 0.25) is 5.82 Å². The molecule has 2 aromatic carbocycles. The van der Waals surface area contributed by atoms with Gasteiger partial charge in [-0.15, -0.1) is 0 Å². The molecule has 3 aromatic rings. The average molecular weight is 390 g/mol. The molecule has 0 unspecified atom stereocenters. The molecule has 0 radical (unpaired) electrons. The summed E-state index contributed by atoms with van der Waals surface area (Å²) >= 11 is 0. The number of hydrazone groups is 1. The zero-order valence-corrected chi connectivity index (χ0v) is 14.1. The van der Waals surface area contributed by atoms with Gasteiger partial charge in [-0.3, -0.25) is 4.79 Å². The van der Waals surface area contributed by atoms with Crippen molar-refractivity contribution in [3.63, 3.8) is 0 Å². The molecule has 0 aliphatic carbocycles. The van der Waals surface area contributed by atoms with Gasteiger partial charge in [-0.05, 0) is 29.8 Å². The van der Waals surface area contributed by atoms with E-state index in [4.69, 9.17) is 5.11 Å². The smallest absolute Gasteiger partial charge is 0.449 e. The monoisotopic (exact) mass is 390 g/mol. The summed E-state index contributed by atoms with van der Waals surface area (Å²) in [6.45, 7) is -0.620. The first-order chi connectivity index (χ1) is 13.3. The van der Waals surface area contributed by atoms with Gasteiger partial charge in [0.05, 0.1) is 22.8 Å². The van der Waals surface area contributed by atoms with E-state index in [1.807, 2.05) is 0 Å². The van der Waals surface area contributed by atoms with Crippen molar-refractivity contribution in [1.29, 1.82) is 0 Å². The predicted molar refractivity (Wildman–Crippen MR) is 93.9 cm³/mol. The van der Waals surface area contributed by atoms with Crippen molar-refractivity contribution in [3.05, 3.63) is 65.5 Å². The summed E-state index contributed by atoms with van der Waals surface area (Å²) in [5.41, 5.74) is 3.06. The lowest BCUT2D eigenvalue weighted by Gasteiger charge is -2.10. The molecular weight excluding hydrogens is 377 g/mol. The lowest BCUT2D eigenvalue weighted by molar-refractivity contribution is -0.147. The minimum absolute atomic E-state index is 0.0906. The number of para-hydroxylation sites is 2. The Morgan fingerprint density at radius 2 is 1.82 bits per heavy atom. The summed E-state index contributed by atoms with van der Waals surface area (Å²) in [5.74, 6) is -3.02. The van der Waals surface area contributed by atoms with Gasteiger partial charge in [0.1, 0.15) is 6.54 Å². The number of aromatic nitrogens is 2. The largest absolute Gasteiger partial charge is 0.478 e. The Hall–Kier alpha value is -3.69. The predicted octanol–water partition coefficient (Wildman–Crippen LogP) is 2.90. The number of imidazole rings is 1. The Bertz CT molecular complexity index is 1060. The number of carboxylic acid groups (broad SMARTS) is 1. The van der Waals surface area contributed by atoms with Crippen LogP contribution in [0.15, 0.2) is 53.6 Å². The Balaban J connectivity index is 1.74. The number of halogens is 3. The van der Waals surface area contributed by atoms with E-state index in [2.05, 4.69) is 15.5 Å². The highest BCUT2D eigenvalue weighted by molar-refractivity contribution is 5.89. The number of fused-ring (bicyclic) bond motifs is 1. The third-order valence-corrected chi connectivity index (χ3v) is 3.77. The maximum absolute atomic E-state index is 13.2. The standard InChI is InChI=1S/C18H13F3N4O3/c19-18(20,21)17-23-13-3-1-2-4-14(13)25(17)10-15(26)24-22-9-11-5-7-12(8-6-11)16(27)28/h1-9H,10H2,(H,24,26)(H,27,28). The zero-order valence-electron chi connectivity index (χ0n) is 14.1. The van der Waals surface area contributed by atoms with Crippen molar-refractivity contribution in [1.82, 2.24) is 15.0 Å². The van der Waals surface area contributed by atoms with Crippen LogP contribution in [-0.2, 0) is 17.5 Å². The molecule has 10 heteroatoms. The van der Waals surface area contributed by atoms with Gasteiger partial charge in [0, 0.05) is 0 Å². The fourth-order valence-corrected chi connectivity index (χ4v) is 2.52. The number of nitrogens with zero attached hydrogens (tertiary/aromatic N) is 3. The third-order valence-electron chi connectivity index (χ3n) is 3.77. The van der Waals surface area contributed by atoms with E-state index in [1.54, 1.807) is 12.1 Å². The number of benzene rings is 2. The van der Waals surface area contributed by atoms with Gasteiger partial charge in [0.15, 0.2) is 0 Å². The average Bonchev–Trinajstić information content (AvgIpc) is 3.01. The quantitative estimate of drug-likeness (QED) is 0.517. The first-order valence-corrected chi connectivity index (χ1v) is 7.93. The molecule has 0 fully saturated rings. The van der Waals surface area contributed by atoms with Crippen LogP contribution in [0.25, 0.3) is 11.0 Å². The van der Waals surface area contributed by atoms with E-state index >= 15 is 0 Å². The lowest BCUT2D eigenvalue weighted by atomic mass is 10.1. The highest BCUT2D eigenvalue weighted by Crippen LogP contribution is 2.31. The number of alkyl halides is 3. The minimum atomic E-state index is -4.71. The molecule has 0 bridgehead atoms. The van der Waals surface area contributed by atoms with E-state index in [0.717, 1.165) is 4.57 Å². The van der Waals surface area contributed by atoms with E-state index in [1.165, 1.54) is 42.6 Å². The minimum Gasteiger partial charge on any atom is -0.478 e. The summed E-state index contributed by atoms with van der Waals surface area (Å²) in [6, 6.07) is 11.7. The first-order valence-electron chi connectivity index (χ1n) is 7.93. The molecular formula is C18H13F3N4O3. The molecule has 0 aliphatic rings. The molecule has 2 N–H and O–H groups in total. The van der Waals surface area contributed by atoms with Crippen LogP contribution in [0.5, 0.6) is 0 Å². The zero-order chi connectivity index (χ0) is 20.3. The summed E-state index contributed by atoms with van der Waals surface area (Å²) in [4.78, 5) is 26.4. The van der Waals surface area contributed by atoms with E-state index in [9.17, 15) is 22.8 Å². The van der Waals surface area contributed by atoms with Gasteiger partial charge in [0.25, 0.3) is 5.91 Å². The fourth-order valence-electron chi connectivity index (χ4n) is 2.52. The molecule has 0 atom stereocenters. The van der Waals surface area contributed by atoms with E-state index in [-0.39, 0.29) is 16.6 Å². The van der Waals surface area contributed by atoms with Gasteiger partial charge in [-0.2, -0.15) is 18.3 Å². The number of hydrogen-bond donors (Lipinski definition) is 2. The molecule has 0 saturated carbocycles. The summed E-state index contributed by atoms with van der Waals surface area (Å²) < 4.78 is 40.4. The number of amides is 1. The van der Waals surface area contributed by atoms with Crippen LogP contribution in [0.3, 0.4) is 0 Å². The Morgan fingerprint density at radius 1 is 1.14 bits per heavy atom. The number of carbonyl (C=O) groups is 2. The maximum Gasteiger partial charge on any atom is 0.449 e. The molecule has 3 rings (SSSR count). The van der Waals surface area contributed by atoms with Crippen LogP contribution >= 0.6 is 0 Å². The molecule has 1 amide bonds. The lowest BCUT2D eigenvalue weighted by Crippen LogP contribution is -2.26. The number of carbonyl (C=O) groups excluding carboxylic acids is 1. The van der Waals surface area contributed by atoms with Crippen LogP contribution < -0.4 is 5.43 Å². The second-order valence-electron chi connectivity index (χ2n) is 5.73. The normalized spacial score (nSPS) is 11.8. The summed E-state index contributed by atoms with van der Waals surface area (Å²) in [6.07, 6.45) is -3.46. The highest BCUT2D eigenvalue weighted by Gasteiger charge is 2.37. The topological polar surface area (TPSA) is 96.6 Å². The molecule has 7 nitrogen and oxygen atoms in total. The number of hydrogen-bond acceptors (Lipinski definition) is 4. The Morgan fingerprint density at radius 3 is 2.46 bits per heavy atom. The molecule has 28 heavy (non-hydrogen) atoms. The number of carboxylic acids is 1. The SMILES string of the molecule is O=C(Cn1c(C(F)(F)F)nc2ccccc21)NN=Cc1ccc(C(=O)O)cc1. The van der Waals surface area contributed by atoms with Crippen molar-refractivity contribution in [2.24, 2.45) is 5.10 Å². The Kier molecular flexibility index (Phi) is 5.12. The Labute approximate surface area is 156 Å². The molecule has 0 spiro atoms. The first kappa shape index (κ1) is 19.1. The number of nitrogens with one attached hydrogen (secondary N) is 1. The van der Waals surface area contributed by atoms with E-state index in [0.29, 0.717) is 5.56 Å². The van der Waals surface area contributed by atoms with Gasteiger partial charge < -0.3 is 9.67 Å². The van der Waals surface area contributed by atoms with Crippen molar-refractivity contribution in [3.8, 4) is 0 Å². The molecule has 144 valence electrons. The summed E-state index contributed by atoms with van der Waals surface area (Å²) in [5, 5.41) is 12.5. The number of aromatic carboxylic acids is 1. The van der Waals surface area contributed by atoms with Crippen LogP contribution in [-0.4, -0.2) is 32.7 Å². The highest BCUT2D eigenvalue weighted by atomic mass is 19.4. The fraction of sp³-hybridized carbons (Fsp3) is 0.111. The van der Waals surface area contributed by atoms with Gasteiger partial charge >= 0.3 is 12.1 Å². The van der Waals surface area contributed by atoms with Crippen LogP contribution in [0, 0.1) is 0 Å². The van der Waals surface area contributed by atoms with Crippen LogP contribution in [0.2, 0.25) is 0 Å². The second-order valence-corrected chi connectivity index (χ2v) is 5.73. The van der Waals surface area contributed by atoms with Gasteiger partial charge in [-0.25, -0.2) is 15.2 Å². The van der Waals surface area contributed by atoms with Crippen molar-refractivity contribution >= 4 is 29.1 Å². The molecule has 1 aromatic heterocycles. The second kappa shape index (κ2) is 7.51. The summed E-state index contributed by atoms with van der Waals surface area (Å²) in [7, 11) is 0. The van der Waals surface area contributed by atoms with Crippen molar-refractivity contribution < 1.29 is 27.9 Å². The third kappa shape index (κ3) is 4.17. The molecule has 0 aliphatic heterocycles. The van der Waals surface area contributed by atoms with Crippen molar-refractivity contribution in [2.45, 2.75) is 12.7 Å². The van der Waals surface area contributed by atoms with Crippen LogP contribution in [0.1, 0.15) is 21.7 Å². The van der Waals surface area contributed by atoms with Crippen LogP contribution in [0.4, 0.5) is 13.2 Å². The van der Waals surface area contributed by atoms with Crippen molar-refractivity contribution in [2.75, 3.05) is 0 Å². The van der Waals surface area contributed by atoms with E-state index < -0.39 is 30.4 Å². The number of rotatable bonds is 5. The maximum atomic E-state index is 13.2. The molecule has 0 saturated heterocycles. The molecule has 1 heterocycles.